The quantitative estimate of drug-likeness (QED) is 0.133. The largest absolute Gasteiger partial charge is 0.487 e. The number of nitrogen functional groups attached to an aromatic ring is 1. The molecule has 0 radical (unpaired) electrons. The van der Waals surface area contributed by atoms with Crippen LogP contribution in [0, 0.1) is 5.82 Å². The maximum absolute atomic E-state index is 14.6. The van der Waals surface area contributed by atoms with E-state index in [0.29, 0.717) is 72.8 Å². The van der Waals surface area contributed by atoms with Crippen LogP contribution in [-0.2, 0) is 29.2 Å². The number of nitrogens with two attached hydrogens (primary N) is 1. The molecule has 254 valence electrons. The molecule has 0 amide bonds. The fraction of sp³-hybridized carbons (Fsp3) is 0.297. The van der Waals surface area contributed by atoms with Crippen LogP contribution in [0.4, 0.5) is 10.2 Å². The lowest BCUT2D eigenvalue weighted by atomic mass is 10.1. The van der Waals surface area contributed by atoms with Crippen molar-refractivity contribution in [2.75, 3.05) is 25.6 Å². The molecule has 0 saturated carbocycles. The summed E-state index contributed by atoms with van der Waals surface area (Å²) >= 11 is 0. The van der Waals surface area contributed by atoms with Gasteiger partial charge in [0.15, 0.2) is 5.65 Å². The van der Waals surface area contributed by atoms with Gasteiger partial charge in [0.05, 0.1) is 42.9 Å². The van der Waals surface area contributed by atoms with Gasteiger partial charge in [-0.05, 0) is 42.7 Å². The lowest BCUT2D eigenvalue weighted by Crippen LogP contribution is -2.20. The number of hydrogen-bond acceptors (Lipinski definition) is 9. The Morgan fingerprint density at radius 1 is 0.918 bits per heavy atom. The van der Waals surface area contributed by atoms with Gasteiger partial charge in [-0.25, -0.2) is 24.0 Å². The van der Waals surface area contributed by atoms with E-state index in [4.69, 9.17) is 29.8 Å². The van der Waals surface area contributed by atoms with E-state index in [1.807, 2.05) is 65.6 Å². The van der Waals surface area contributed by atoms with E-state index in [2.05, 4.69) is 15.0 Å². The molecule has 0 bridgehead atoms. The molecule has 1 aliphatic rings. The first kappa shape index (κ1) is 33.6. The topological polar surface area (TPSA) is 124 Å². The van der Waals surface area contributed by atoms with E-state index in [-0.39, 0.29) is 12.6 Å². The van der Waals surface area contributed by atoms with Crippen molar-refractivity contribution >= 4 is 16.9 Å². The van der Waals surface area contributed by atoms with Gasteiger partial charge in [-0.1, -0.05) is 44.2 Å². The SMILES string of the molecule is CC.Nc1ncnc2c1c(-c1ccc(Oc3cc(F)cc(OCc4cncn4CCOCc4ccccc4)c3)cc1)nn2C1CCOCC1. The highest BCUT2D eigenvalue weighted by atomic mass is 19.1. The highest BCUT2D eigenvalue weighted by Crippen LogP contribution is 2.35. The van der Waals surface area contributed by atoms with Crippen LogP contribution in [0.25, 0.3) is 22.3 Å². The van der Waals surface area contributed by atoms with Crippen molar-refractivity contribution in [1.82, 2.24) is 29.3 Å². The summed E-state index contributed by atoms with van der Waals surface area (Å²) in [5, 5.41) is 5.63. The second kappa shape index (κ2) is 16.2. The standard InChI is InChI=1S/C35H34FN7O4.C2H6/c36-26-16-30(46-21-28-19-38-23-42(28)12-15-45-20-24-4-2-1-3-5-24)18-31(17-26)47-29-8-6-25(7-9-29)33-32-34(37)39-22-40-35(32)43(41-33)27-10-13-44-14-11-27;1-2/h1-9,16-19,22-23,27H,10-15,20-21H2,(H2,37,39,40);1-2H3. The molecule has 49 heavy (non-hydrogen) atoms. The second-order valence-corrected chi connectivity index (χ2v) is 11.2. The average Bonchev–Trinajstić information content (AvgIpc) is 3.76. The highest BCUT2D eigenvalue weighted by Gasteiger charge is 2.24. The average molecular weight is 666 g/mol. The van der Waals surface area contributed by atoms with Crippen molar-refractivity contribution < 1.29 is 23.3 Å². The summed E-state index contributed by atoms with van der Waals surface area (Å²) in [6.45, 7) is 7.23. The Morgan fingerprint density at radius 3 is 2.49 bits per heavy atom. The number of aromatic nitrogens is 6. The van der Waals surface area contributed by atoms with Crippen molar-refractivity contribution in [2.45, 2.75) is 52.5 Å². The fourth-order valence-electron chi connectivity index (χ4n) is 5.63. The molecule has 11 nitrogen and oxygen atoms in total. The van der Waals surface area contributed by atoms with Gasteiger partial charge in [-0.2, -0.15) is 5.10 Å². The maximum Gasteiger partial charge on any atom is 0.164 e. The van der Waals surface area contributed by atoms with E-state index in [1.54, 1.807) is 30.7 Å². The Bertz CT molecular complexity index is 1940. The van der Waals surface area contributed by atoms with Crippen LogP contribution in [0.1, 0.15) is 44.0 Å². The summed E-state index contributed by atoms with van der Waals surface area (Å²) in [4.78, 5) is 13.0. The Balaban J connectivity index is 0.00000205. The lowest BCUT2D eigenvalue weighted by Gasteiger charge is -2.22. The molecular weight excluding hydrogens is 625 g/mol. The third-order valence-corrected chi connectivity index (χ3v) is 8.04. The Morgan fingerprint density at radius 2 is 1.69 bits per heavy atom. The van der Waals surface area contributed by atoms with Gasteiger partial charge in [-0.15, -0.1) is 0 Å². The summed E-state index contributed by atoms with van der Waals surface area (Å²) in [5.41, 5.74) is 10.5. The van der Waals surface area contributed by atoms with Crippen molar-refractivity contribution in [3.63, 3.8) is 0 Å². The minimum Gasteiger partial charge on any atom is -0.487 e. The molecule has 3 aromatic heterocycles. The molecule has 0 spiro atoms. The minimum atomic E-state index is -0.475. The van der Waals surface area contributed by atoms with E-state index < -0.39 is 5.82 Å². The molecule has 12 heteroatoms. The number of rotatable bonds is 12. The van der Waals surface area contributed by atoms with Gasteiger partial charge in [0.1, 0.15) is 47.5 Å². The summed E-state index contributed by atoms with van der Waals surface area (Å²) in [5.74, 6) is 1.07. The van der Waals surface area contributed by atoms with Crippen LogP contribution in [0.5, 0.6) is 17.2 Å². The molecule has 0 aliphatic carbocycles. The summed E-state index contributed by atoms with van der Waals surface area (Å²) in [6, 6.07) is 21.9. The number of benzene rings is 3. The summed E-state index contributed by atoms with van der Waals surface area (Å²) in [6.07, 6.45) is 6.61. The zero-order chi connectivity index (χ0) is 34.0. The molecular formula is C37H40FN7O4. The van der Waals surface area contributed by atoms with Crippen LogP contribution in [0.2, 0.25) is 0 Å². The first-order chi connectivity index (χ1) is 24.1. The van der Waals surface area contributed by atoms with Crippen LogP contribution >= 0.6 is 0 Å². The number of nitrogens with zero attached hydrogens (tertiary/aromatic N) is 6. The first-order valence-corrected chi connectivity index (χ1v) is 16.5. The van der Waals surface area contributed by atoms with Crippen molar-refractivity contribution in [3.05, 3.63) is 109 Å². The molecule has 0 atom stereocenters. The number of halogens is 1. The molecule has 1 fully saturated rings. The number of imidazole rings is 1. The smallest absolute Gasteiger partial charge is 0.164 e. The molecule has 4 heterocycles. The van der Waals surface area contributed by atoms with Crippen LogP contribution in [-0.4, -0.2) is 49.1 Å². The monoisotopic (exact) mass is 665 g/mol. The van der Waals surface area contributed by atoms with E-state index >= 15 is 0 Å². The highest BCUT2D eigenvalue weighted by molar-refractivity contribution is 5.98. The molecule has 7 rings (SSSR count). The van der Waals surface area contributed by atoms with E-state index in [9.17, 15) is 4.39 Å². The third kappa shape index (κ3) is 8.22. The van der Waals surface area contributed by atoms with Crippen LogP contribution < -0.4 is 15.2 Å². The number of ether oxygens (including phenoxy) is 4. The number of hydrogen-bond donors (Lipinski definition) is 1. The predicted octanol–water partition coefficient (Wildman–Crippen LogP) is 7.38. The first-order valence-electron chi connectivity index (χ1n) is 16.5. The zero-order valence-corrected chi connectivity index (χ0v) is 27.7. The van der Waals surface area contributed by atoms with Crippen LogP contribution in [0.15, 0.2) is 91.6 Å². The minimum absolute atomic E-state index is 0.167. The molecule has 6 aromatic rings. The van der Waals surface area contributed by atoms with Crippen molar-refractivity contribution in [3.8, 4) is 28.5 Å². The lowest BCUT2D eigenvalue weighted by molar-refractivity contribution is 0.0674. The Labute approximate surface area is 284 Å². The molecule has 0 unspecified atom stereocenters. The number of anilines is 1. The van der Waals surface area contributed by atoms with Gasteiger partial charge >= 0.3 is 0 Å². The van der Waals surface area contributed by atoms with E-state index in [0.717, 1.165) is 29.7 Å². The van der Waals surface area contributed by atoms with Crippen molar-refractivity contribution in [1.29, 1.82) is 0 Å². The maximum atomic E-state index is 14.6. The normalized spacial score (nSPS) is 13.2. The van der Waals surface area contributed by atoms with Gasteiger partial charge in [0.2, 0.25) is 0 Å². The zero-order valence-electron chi connectivity index (χ0n) is 27.7. The van der Waals surface area contributed by atoms with Gasteiger partial charge in [0.25, 0.3) is 0 Å². The number of fused-ring (bicyclic) bond motifs is 1. The third-order valence-electron chi connectivity index (χ3n) is 8.04. The van der Waals surface area contributed by atoms with Gasteiger partial charge in [0, 0.05) is 43.5 Å². The molecule has 1 saturated heterocycles. The van der Waals surface area contributed by atoms with Gasteiger partial charge in [-0.3, -0.25) is 0 Å². The molecule has 3 aromatic carbocycles. The molecule has 2 N–H and O–H groups in total. The van der Waals surface area contributed by atoms with Gasteiger partial charge < -0.3 is 29.2 Å². The van der Waals surface area contributed by atoms with E-state index in [1.165, 1.54) is 18.5 Å². The van der Waals surface area contributed by atoms with Crippen molar-refractivity contribution in [2.24, 2.45) is 0 Å². The Kier molecular flexibility index (Phi) is 11.1. The summed E-state index contributed by atoms with van der Waals surface area (Å²) in [7, 11) is 0. The second-order valence-electron chi connectivity index (χ2n) is 11.2. The summed E-state index contributed by atoms with van der Waals surface area (Å²) < 4.78 is 41.8. The predicted molar refractivity (Wildman–Crippen MR) is 185 cm³/mol. The molecule has 1 aliphatic heterocycles. The fourth-order valence-corrected chi connectivity index (χ4v) is 5.63. The Hall–Kier alpha value is -5.33. The van der Waals surface area contributed by atoms with Crippen LogP contribution in [0.3, 0.4) is 0 Å².